The molecule has 0 radical (unpaired) electrons. The predicted octanol–water partition coefficient (Wildman–Crippen LogP) is 2.06. The maximum atomic E-state index is 9.03. The molecule has 0 amide bonds. The van der Waals surface area contributed by atoms with Crippen molar-refractivity contribution in [3.05, 3.63) is 42.2 Å². The van der Waals surface area contributed by atoms with Gasteiger partial charge in [-0.3, -0.25) is 0 Å². The molecule has 4 heteroatoms. The topological polar surface area (TPSA) is 38.0 Å². The minimum absolute atomic E-state index is 0.0266. The average Bonchev–Trinajstić information content (AvgIpc) is 2.62. The van der Waals surface area contributed by atoms with E-state index in [9.17, 15) is 0 Å². The molecule has 0 aliphatic rings. The van der Waals surface area contributed by atoms with Crippen molar-refractivity contribution in [3.63, 3.8) is 0 Å². The number of rotatable bonds is 3. The summed E-state index contributed by atoms with van der Waals surface area (Å²) in [6, 6.07) is 10.1. The van der Waals surface area contributed by atoms with Crippen molar-refractivity contribution >= 4 is 11.8 Å². The molecule has 0 unspecified atom stereocenters. The van der Waals surface area contributed by atoms with Gasteiger partial charge in [0, 0.05) is 11.9 Å². The summed E-state index contributed by atoms with van der Waals surface area (Å²) in [6.45, 7) is 0.0266. The van der Waals surface area contributed by atoms with Crippen LogP contribution in [-0.4, -0.2) is 14.7 Å². The molecule has 0 atom stereocenters. The lowest BCUT2D eigenvalue weighted by molar-refractivity contribution is 0.271. The van der Waals surface area contributed by atoms with Crippen molar-refractivity contribution in [1.29, 1.82) is 0 Å². The first-order chi connectivity index (χ1) is 7.31. The Labute approximate surface area is 92.8 Å². The summed E-state index contributed by atoms with van der Waals surface area (Å²) >= 11 is 1.59. The number of aliphatic hydroxyl groups is 1. The van der Waals surface area contributed by atoms with Crippen LogP contribution < -0.4 is 0 Å². The zero-order valence-electron chi connectivity index (χ0n) is 8.42. The lowest BCUT2D eigenvalue weighted by Gasteiger charge is -2.03. The second-order valence-corrected chi connectivity index (χ2v) is 4.21. The highest BCUT2D eigenvalue weighted by molar-refractivity contribution is 7.99. The summed E-state index contributed by atoms with van der Waals surface area (Å²) in [5, 5.41) is 9.92. The Kier molecular flexibility index (Phi) is 3.08. The molecular weight excluding hydrogens is 208 g/mol. The van der Waals surface area contributed by atoms with Gasteiger partial charge in [0.2, 0.25) is 0 Å². The first-order valence-electron chi connectivity index (χ1n) is 4.65. The molecule has 2 aromatic rings. The Hall–Kier alpha value is -1.26. The smallest absolute Gasteiger partial charge is 0.172 e. The van der Waals surface area contributed by atoms with E-state index in [0.29, 0.717) is 0 Å². The van der Waals surface area contributed by atoms with Crippen LogP contribution in [0.3, 0.4) is 0 Å². The third-order valence-corrected chi connectivity index (χ3v) is 3.23. The van der Waals surface area contributed by atoms with Crippen LogP contribution in [-0.2, 0) is 13.7 Å². The van der Waals surface area contributed by atoms with E-state index in [4.69, 9.17) is 5.11 Å². The second kappa shape index (κ2) is 4.51. The maximum absolute atomic E-state index is 9.03. The third kappa shape index (κ3) is 2.22. The molecule has 78 valence electrons. The van der Waals surface area contributed by atoms with E-state index in [-0.39, 0.29) is 6.61 Å². The van der Waals surface area contributed by atoms with Gasteiger partial charge in [-0.05, 0) is 12.1 Å². The van der Waals surface area contributed by atoms with Crippen LogP contribution in [0.1, 0.15) is 5.69 Å². The number of aliphatic hydroxyl groups excluding tert-OH is 1. The Morgan fingerprint density at radius 1 is 1.33 bits per heavy atom. The highest BCUT2D eigenvalue weighted by Crippen LogP contribution is 2.26. The van der Waals surface area contributed by atoms with Crippen molar-refractivity contribution in [2.45, 2.75) is 16.7 Å². The minimum atomic E-state index is 0.0266. The van der Waals surface area contributed by atoms with E-state index in [1.807, 2.05) is 41.9 Å². The molecule has 1 heterocycles. The van der Waals surface area contributed by atoms with Crippen LogP contribution in [0.25, 0.3) is 0 Å². The number of aromatic nitrogens is 2. The molecule has 1 aromatic carbocycles. The van der Waals surface area contributed by atoms with E-state index < -0.39 is 0 Å². The van der Waals surface area contributed by atoms with Gasteiger partial charge in [0.25, 0.3) is 0 Å². The maximum Gasteiger partial charge on any atom is 0.172 e. The van der Waals surface area contributed by atoms with Crippen molar-refractivity contribution in [2.24, 2.45) is 7.05 Å². The second-order valence-electron chi connectivity index (χ2n) is 3.16. The fourth-order valence-electron chi connectivity index (χ4n) is 1.26. The molecule has 0 saturated heterocycles. The Morgan fingerprint density at radius 3 is 2.67 bits per heavy atom. The van der Waals surface area contributed by atoms with Crippen molar-refractivity contribution in [2.75, 3.05) is 0 Å². The molecule has 1 N–H and O–H groups in total. The predicted molar refractivity (Wildman–Crippen MR) is 59.7 cm³/mol. The lowest BCUT2D eigenvalue weighted by atomic mass is 10.4. The normalized spacial score (nSPS) is 10.5. The van der Waals surface area contributed by atoms with Crippen LogP contribution in [0, 0.1) is 0 Å². The highest BCUT2D eigenvalue weighted by atomic mass is 32.2. The number of nitrogens with zero attached hydrogens (tertiary/aromatic N) is 2. The molecule has 0 bridgehead atoms. The zero-order valence-corrected chi connectivity index (χ0v) is 9.24. The number of imidazole rings is 1. The molecule has 1 aromatic heterocycles. The van der Waals surface area contributed by atoms with E-state index in [1.54, 1.807) is 18.0 Å². The Bertz CT molecular complexity index is 439. The first kappa shape index (κ1) is 10.3. The van der Waals surface area contributed by atoms with Crippen molar-refractivity contribution in [1.82, 2.24) is 9.55 Å². The number of hydrogen-bond acceptors (Lipinski definition) is 3. The fourth-order valence-corrected chi connectivity index (χ4v) is 2.13. The van der Waals surface area contributed by atoms with E-state index >= 15 is 0 Å². The first-order valence-corrected chi connectivity index (χ1v) is 5.47. The van der Waals surface area contributed by atoms with Crippen LogP contribution in [0.2, 0.25) is 0 Å². The molecule has 0 saturated carbocycles. The average molecular weight is 220 g/mol. The van der Waals surface area contributed by atoms with Gasteiger partial charge in [-0.1, -0.05) is 30.0 Å². The van der Waals surface area contributed by atoms with E-state index in [0.717, 1.165) is 15.7 Å². The fraction of sp³-hybridized carbons (Fsp3) is 0.182. The largest absolute Gasteiger partial charge is 0.390 e. The van der Waals surface area contributed by atoms with Gasteiger partial charge in [0.05, 0.1) is 18.5 Å². The summed E-state index contributed by atoms with van der Waals surface area (Å²) < 4.78 is 1.90. The highest BCUT2D eigenvalue weighted by Gasteiger charge is 2.06. The summed E-state index contributed by atoms with van der Waals surface area (Å²) in [7, 11) is 1.91. The van der Waals surface area contributed by atoms with Gasteiger partial charge in [0.15, 0.2) is 5.16 Å². The summed E-state index contributed by atoms with van der Waals surface area (Å²) in [4.78, 5) is 5.40. The van der Waals surface area contributed by atoms with E-state index in [2.05, 4.69) is 4.98 Å². The summed E-state index contributed by atoms with van der Waals surface area (Å²) in [5.74, 6) is 0. The number of benzene rings is 1. The van der Waals surface area contributed by atoms with E-state index in [1.165, 1.54) is 0 Å². The Balaban J connectivity index is 2.21. The van der Waals surface area contributed by atoms with Gasteiger partial charge in [-0.2, -0.15) is 0 Å². The van der Waals surface area contributed by atoms with Crippen molar-refractivity contribution < 1.29 is 5.11 Å². The van der Waals surface area contributed by atoms with Crippen molar-refractivity contribution in [3.8, 4) is 0 Å². The van der Waals surface area contributed by atoms with Crippen LogP contribution >= 0.6 is 11.8 Å². The molecular formula is C11H12N2OS. The van der Waals surface area contributed by atoms with Crippen LogP contribution in [0.5, 0.6) is 0 Å². The molecule has 0 spiro atoms. The van der Waals surface area contributed by atoms with Gasteiger partial charge in [-0.25, -0.2) is 4.98 Å². The summed E-state index contributed by atoms with van der Waals surface area (Å²) in [5.41, 5.74) is 0.827. The third-order valence-electron chi connectivity index (χ3n) is 2.16. The van der Waals surface area contributed by atoms with Gasteiger partial charge in [0.1, 0.15) is 0 Å². The molecule has 0 aliphatic heterocycles. The number of hydrogen-bond donors (Lipinski definition) is 1. The van der Waals surface area contributed by atoms with Crippen LogP contribution in [0.4, 0.5) is 0 Å². The molecule has 0 aliphatic carbocycles. The summed E-state index contributed by atoms with van der Waals surface area (Å²) in [6.07, 6.45) is 1.70. The molecule has 15 heavy (non-hydrogen) atoms. The zero-order chi connectivity index (χ0) is 10.7. The standard InChI is InChI=1S/C11H12N2OS/c1-13-9(8-14)7-12-11(13)15-10-5-3-2-4-6-10/h2-7,14H,8H2,1H3. The van der Waals surface area contributed by atoms with Gasteiger partial charge in [-0.15, -0.1) is 0 Å². The van der Waals surface area contributed by atoms with Gasteiger partial charge < -0.3 is 9.67 Å². The van der Waals surface area contributed by atoms with Gasteiger partial charge >= 0.3 is 0 Å². The minimum Gasteiger partial charge on any atom is -0.390 e. The lowest BCUT2D eigenvalue weighted by Crippen LogP contribution is -1.96. The molecule has 3 nitrogen and oxygen atoms in total. The Morgan fingerprint density at radius 2 is 2.07 bits per heavy atom. The SMILES string of the molecule is Cn1c(CO)cnc1Sc1ccccc1. The quantitative estimate of drug-likeness (QED) is 0.860. The molecule has 0 fully saturated rings. The molecule has 2 rings (SSSR count). The van der Waals surface area contributed by atoms with Crippen LogP contribution in [0.15, 0.2) is 46.6 Å². The monoisotopic (exact) mass is 220 g/mol.